The molecule has 4 nitrogen and oxygen atoms in total. The third-order valence-corrected chi connectivity index (χ3v) is 3.83. The Bertz CT molecular complexity index is 325. The van der Waals surface area contributed by atoms with Crippen LogP contribution in [0.25, 0.3) is 0 Å². The summed E-state index contributed by atoms with van der Waals surface area (Å²) in [7, 11) is 1.93. The minimum Gasteiger partial charge on any atom is -0.396 e. The molecule has 15 heavy (non-hydrogen) atoms. The van der Waals surface area contributed by atoms with Crippen LogP contribution >= 0.6 is 11.8 Å². The fraction of sp³-hybridized carbons (Fsp3) is 0.700. The summed E-state index contributed by atoms with van der Waals surface area (Å²) in [6.07, 6.45) is 0. The standard InChI is InChI=1S/C10H19N3OS/c1-7(5-14)6-15-10-9(4-11)8(2)12-13(10)3/h7,14H,4-6,11H2,1-3H3. The highest BCUT2D eigenvalue weighted by Crippen LogP contribution is 2.26. The molecule has 3 N–H and O–H groups in total. The zero-order valence-electron chi connectivity index (χ0n) is 9.53. The van der Waals surface area contributed by atoms with Crippen LogP contribution in [0.3, 0.4) is 0 Å². The molecule has 1 rings (SSSR count). The van der Waals surface area contributed by atoms with Crippen molar-refractivity contribution < 1.29 is 5.11 Å². The molecule has 0 aliphatic carbocycles. The average molecular weight is 229 g/mol. The van der Waals surface area contributed by atoms with Crippen molar-refractivity contribution in [3.63, 3.8) is 0 Å². The molecule has 1 atom stereocenters. The molecule has 0 aliphatic rings. The van der Waals surface area contributed by atoms with Crippen molar-refractivity contribution in [3.05, 3.63) is 11.3 Å². The first-order chi connectivity index (χ1) is 7.10. The topological polar surface area (TPSA) is 64.1 Å². The van der Waals surface area contributed by atoms with Crippen molar-refractivity contribution in [2.45, 2.75) is 25.4 Å². The molecule has 5 heteroatoms. The molecule has 86 valence electrons. The summed E-state index contributed by atoms with van der Waals surface area (Å²) in [5, 5.41) is 14.4. The second-order valence-corrected chi connectivity index (χ2v) is 4.80. The SMILES string of the molecule is Cc1nn(C)c(SCC(C)CO)c1CN. The molecule has 1 aromatic heterocycles. The van der Waals surface area contributed by atoms with E-state index in [0.29, 0.717) is 12.5 Å². The number of aliphatic hydroxyl groups is 1. The highest BCUT2D eigenvalue weighted by Gasteiger charge is 2.13. The van der Waals surface area contributed by atoms with E-state index in [4.69, 9.17) is 10.8 Å². The molecule has 0 radical (unpaired) electrons. The summed E-state index contributed by atoms with van der Waals surface area (Å²) in [5.41, 5.74) is 7.81. The maximum absolute atomic E-state index is 8.95. The molecule has 0 spiro atoms. The highest BCUT2D eigenvalue weighted by molar-refractivity contribution is 7.99. The van der Waals surface area contributed by atoms with E-state index in [1.54, 1.807) is 11.8 Å². The van der Waals surface area contributed by atoms with Gasteiger partial charge < -0.3 is 10.8 Å². The summed E-state index contributed by atoms with van der Waals surface area (Å²) in [6.45, 7) is 4.75. The molecule has 0 bridgehead atoms. The Morgan fingerprint density at radius 3 is 2.80 bits per heavy atom. The van der Waals surface area contributed by atoms with Crippen LogP contribution in [0, 0.1) is 12.8 Å². The predicted molar refractivity (Wildman–Crippen MR) is 62.8 cm³/mol. The highest BCUT2D eigenvalue weighted by atomic mass is 32.2. The van der Waals surface area contributed by atoms with Gasteiger partial charge in [0.05, 0.1) is 10.7 Å². The third-order valence-electron chi connectivity index (χ3n) is 2.31. The van der Waals surface area contributed by atoms with Gasteiger partial charge in [-0.1, -0.05) is 6.92 Å². The number of nitrogens with zero attached hydrogens (tertiary/aromatic N) is 2. The summed E-state index contributed by atoms with van der Waals surface area (Å²) in [4.78, 5) is 0. The van der Waals surface area contributed by atoms with E-state index in [1.165, 1.54) is 0 Å². The minimum atomic E-state index is 0.224. The number of hydrogen-bond acceptors (Lipinski definition) is 4. The Morgan fingerprint density at radius 2 is 2.27 bits per heavy atom. The summed E-state index contributed by atoms with van der Waals surface area (Å²) < 4.78 is 1.87. The Hall–Kier alpha value is -0.520. The Labute approximate surface area is 94.9 Å². The summed E-state index contributed by atoms with van der Waals surface area (Å²) in [5.74, 6) is 1.19. The molecular weight excluding hydrogens is 210 g/mol. The number of nitrogens with two attached hydrogens (primary N) is 1. The van der Waals surface area contributed by atoms with Gasteiger partial charge in [0.15, 0.2) is 0 Å². The van der Waals surface area contributed by atoms with Crippen LogP contribution in [0.5, 0.6) is 0 Å². The smallest absolute Gasteiger partial charge is 0.0984 e. The van der Waals surface area contributed by atoms with Crippen molar-refractivity contribution in [2.24, 2.45) is 18.7 Å². The van der Waals surface area contributed by atoms with E-state index in [-0.39, 0.29) is 6.61 Å². The van der Waals surface area contributed by atoms with Crippen LogP contribution in [0.2, 0.25) is 0 Å². The molecule has 1 unspecified atom stereocenters. The number of aromatic nitrogens is 2. The van der Waals surface area contributed by atoms with Gasteiger partial charge in [0.25, 0.3) is 0 Å². The first kappa shape index (κ1) is 12.5. The number of aryl methyl sites for hydroxylation is 2. The lowest BCUT2D eigenvalue weighted by Gasteiger charge is -2.08. The normalized spacial score (nSPS) is 13.1. The van der Waals surface area contributed by atoms with Crippen molar-refractivity contribution in [3.8, 4) is 0 Å². The number of hydrogen-bond donors (Lipinski definition) is 2. The maximum Gasteiger partial charge on any atom is 0.0984 e. The van der Waals surface area contributed by atoms with Gasteiger partial charge in [-0.25, -0.2) is 0 Å². The largest absolute Gasteiger partial charge is 0.396 e. The molecule has 0 saturated heterocycles. The van der Waals surface area contributed by atoms with Gasteiger partial charge in [-0.15, -0.1) is 11.8 Å². The van der Waals surface area contributed by atoms with Crippen molar-refractivity contribution in [2.75, 3.05) is 12.4 Å². The van der Waals surface area contributed by atoms with E-state index < -0.39 is 0 Å². The van der Waals surface area contributed by atoms with E-state index in [9.17, 15) is 0 Å². The monoisotopic (exact) mass is 229 g/mol. The third kappa shape index (κ3) is 2.96. The predicted octanol–water partition coefficient (Wildman–Crippen LogP) is 0.908. The Kier molecular flexibility index (Phi) is 4.63. The van der Waals surface area contributed by atoms with Crippen LogP contribution in [0.1, 0.15) is 18.2 Å². The lowest BCUT2D eigenvalue weighted by Crippen LogP contribution is -2.06. The van der Waals surface area contributed by atoms with E-state index in [2.05, 4.69) is 5.10 Å². The lowest BCUT2D eigenvalue weighted by atomic mass is 10.2. The molecule has 1 aromatic rings. The van der Waals surface area contributed by atoms with Gasteiger partial charge in [-0.2, -0.15) is 5.10 Å². The Morgan fingerprint density at radius 1 is 1.60 bits per heavy atom. The first-order valence-corrected chi connectivity index (χ1v) is 6.04. The fourth-order valence-corrected chi connectivity index (χ4v) is 2.55. The first-order valence-electron chi connectivity index (χ1n) is 5.06. The number of thioether (sulfide) groups is 1. The van der Waals surface area contributed by atoms with Gasteiger partial charge >= 0.3 is 0 Å². The van der Waals surface area contributed by atoms with E-state index in [1.807, 2.05) is 25.6 Å². The van der Waals surface area contributed by atoms with Gasteiger partial charge in [-0.3, -0.25) is 4.68 Å². The molecule has 1 heterocycles. The van der Waals surface area contributed by atoms with Gasteiger partial charge in [0.1, 0.15) is 0 Å². The fourth-order valence-electron chi connectivity index (χ4n) is 1.37. The quantitative estimate of drug-likeness (QED) is 0.737. The van der Waals surface area contributed by atoms with Gasteiger partial charge in [0, 0.05) is 31.5 Å². The van der Waals surface area contributed by atoms with E-state index >= 15 is 0 Å². The molecule has 0 aromatic carbocycles. The van der Waals surface area contributed by atoms with Crippen LogP contribution in [-0.4, -0.2) is 27.2 Å². The van der Waals surface area contributed by atoms with Crippen LogP contribution < -0.4 is 5.73 Å². The average Bonchev–Trinajstić information content (AvgIpc) is 2.49. The molecular formula is C10H19N3OS. The summed E-state index contributed by atoms with van der Waals surface area (Å²) in [6, 6.07) is 0. The number of aliphatic hydroxyl groups excluding tert-OH is 1. The maximum atomic E-state index is 8.95. The molecule has 0 amide bonds. The van der Waals surface area contributed by atoms with Gasteiger partial charge in [-0.05, 0) is 12.8 Å². The van der Waals surface area contributed by atoms with Crippen molar-refractivity contribution in [1.29, 1.82) is 0 Å². The zero-order valence-corrected chi connectivity index (χ0v) is 10.3. The zero-order chi connectivity index (χ0) is 11.4. The minimum absolute atomic E-state index is 0.224. The van der Waals surface area contributed by atoms with Crippen molar-refractivity contribution in [1.82, 2.24) is 9.78 Å². The van der Waals surface area contributed by atoms with Crippen LogP contribution in [-0.2, 0) is 13.6 Å². The van der Waals surface area contributed by atoms with E-state index in [0.717, 1.165) is 22.0 Å². The number of rotatable bonds is 5. The Balaban J connectivity index is 2.75. The lowest BCUT2D eigenvalue weighted by molar-refractivity contribution is 0.250. The van der Waals surface area contributed by atoms with Gasteiger partial charge in [0.2, 0.25) is 0 Å². The molecule has 0 saturated carbocycles. The second kappa shape index (κ2) is 5.53. The summed E-state index contributed by atoms with van der Waals surface area (Å²) >= 11 is 1.71. The van der Waals surface area contributed by atoms with Crippen LogP contribution in [0.4, 0.5) is 0 Å². The molecule has 0 aliphatic heterocycles. The molecule has 0 fully saturated rings. The van der Waals surface area contributed by atoms with Crippen LogP contribution in [0.15, 0.2) is 5.03 Å². The van der Waals surface area contributed by atoms with Crippen molar-refractivity contribution >= 4 is 11.8 Å². The second-order valence-electron chi connectivity index (χ2n) is 3.80.